The Balaban J connectivity index is -0.000000245. The summed E-state index contributed by atoms with van der Waals surface area (Å²) in [5.41, 5.74) is 40.1. The Kier molecular flexibility index (Phi) is 149. The van der Waals surface area contributed by atoms with Crippen LogP contribution in [-0.4, -0.2) is 359 Å². The monoisotopic (exact) mass is 2280 g/mol. The minimum absolute atomic E-state index is 0.0665. The lowest BCUT2D eigenvalue weighted by Crippen LogP contribution is -2.25. The van der Waals surface area contributed by atoms with Crippen molar-refractivity contribution in [2.75, 3.05) is 271 Å². The molecule has 72 heteroatoms. The van der Waals surface area contributed by atoms with E-state index in [1.54, 1.807) is 48.6 Å². The first kappa shape index (κ1) is 157. The van der Waals surface area contributed by atoms with Crippen LogP contribution in [0.15, 0.2) is 98.7 Å². The molecule has 144 heavy (non-hydrogen) atoms. The lowest BCUT2D eigenvalue weighted by Gasteiger charge is -2.17. The molecule has 16 unspecified atom stereocenters. The number of allylic oxidation sites excluding steroid dienone is 8. The molecule has 0 aromatic heterocycles. The highest BCUT2D eigenvalue weighted by Crippen LogP contribution is 2.38. The highest BCUT2D eigenvalue weighted by atomic mass is 31.2. The second-order valence-electron chi connectivity index (χ2n) is 23.1. The van der Waals surface area contributed by atoms with Crippen LogP contribution in [-0.2, 0) is 226 Å². The summed E-state index contributed by atoms with van der Waals surface area (Å²) in [6, 6.07) is 0. The van der Waals surface area contributed by atoms with E-state index in [1.807, 2.05) is 55.4 Å². The van der Waals surface area contributed by atoms with Gasteiger partial charge in [0, 0.05) is 56.9 Å². The third-order valence-corrected chi connectivity index (χ3v) is 16.8. The molecule has 0 aliphatic carbocycles. The second-order valence-corrected chi connectivity index (χ2v) is 30.2. The van der Waals surface area contributed by atoms with Crippen LogP contribution in [0.4, 0.5) is 0 Å². The number of methoxy groups -OCH3 is 8. The van der Waals surface area contributed by atoms with Gasteiger partial charge in [-0.1, -0.05) is 48.6 Å². The predicted octanol–water partition coefficient (Wildman–Crippen LogP) is 5.01. The zero-order valence-corrected chi connectivity index (χ0v) is 91.0. The van der Waals surface area contributed by atoms with Crippen LogP contribution in [0.3, 0.4) is 0 Å². The Bertz CT molecular complexity index is 2160. The van der Waals surface area contributed by atoms with Gasteiger partial charge in [0.15, 0.2) is 0 Å². The fourth-order valence-corrected chi connectivity index (χ4v) is 10.4. The van der Waals surface area contributed by atoms with E-state index in [2.05, 4.69) is 76.5 Å². The average Bonchev–Trinajstić information content (AvgIpc) is 1.02. The fourth-order valence-electron chi connectivity index (χ4n) is 6.49. The summed E-state index contributed by atoms with van der Waals surface area (Å²) in [6.45, 7) is 16.6. The highest BCUT2D eigenvalue weighted by molar-refractivity contribution is 7.42. The number of rotatable bonds is 96. The molecule has 0 heterocycles. The van der Waals surface area contributed by atoms with Crippen molar-refractivity contribution in [3.63, 3.8) is 0 Å². The second kappa shape index (κ2) is 137. The largest absolute Gasteiger partial charge is 0.499 e. The molecular formula is C72H160N8O56P8. The van der Waals surface area contributed by atoms with Gasteiger partial charge in [-0.3, -0.25) is 0 Å². The van der Waals surface area contributed by atoms with Crippen molar-refractivity contribution in [3.05, 3.63) is 98.7 Å². The van der Waals surface area contributed by atoms with Crippen molar-refractivity contribution in [1.82, 2.24) is 0 Å². The molecule has 0 radical (unpaired) electrons. The van der Waals surface area contributed by atoms with Crippen molar-refractivity contribution in [2.24, 2.45) is 45.9 Å². The minimum atomic E-state index is -2.15. The van der Waals surface area contributed by atoms with Gasteiger partial charge in [-0.2, -0.15) is 37.4 Å². The number of hydrogen-bond donors (Lipinski definition) is 16. The van der Waals surface area contributed by atoms with Crippen LogP contribution >= 0.6 is 68.8 Å². The van der Waals surface area contributed by atoms with Gasteiger partial charge in [0.2, 0.25) is 0 Å². The van der Waals surface area contributed by atoms with E-state index in [9.17, 15) is 39.1 Å². The molecule has 0 aromatic rings. The summed E-state index contributed by atoms with van der Waals surface area (Å²) in [5, 5.41) is 0. The van der Waals surface area contributed by atoms with Gasteiger partial charge in [0.1, 0.15) is 210 Å². The standard InChI is InChI=1S/8C9H20NO7P/c8*1-3-4-13-5-9(14-8-12-2)6-16-18(11)17-15-7-10/h8*3-4,9,11H,5-8,10H2,1-2H3. The summed E-state index contributed by atoms with van der Waals surface area (Å²) < 4.78 is 196. The summed E-state index contributed by atoms with van der Waals surface area (Å²) in [7, 11) is -5.18. The molecule has 0 aromatic carbocycles. The number of hydrogen-bond acceptors (Lipinski definition) is 64. The van der Waals surface area contributed by atoms with E-state index in [4.69, 9.17) is 196 Å². The van der Waals surface area contributed by atoms with Crippen LogP contribution < -0.4 is 45.9 Å². The molecule has 24 N–H and O–H groups in total. The topological polar surface area (TPSA) is 813 Å². The molecule has 0 amide bonds. The molecule has 16 atom stereocenters. The summed E-state index contributed by atoms with van der Waals surface area (Å²) in [6.07, 6.45) is 22.9. The first-order valence-corrected chi connectivity index (χ1v) is 50.6. The Morgan fingerprint density at radius 1 is 0.174 bits per heavy atom. The first-order chi connectivity index (χ1) is 69.9. The maximum atomic E-state index is 9.22. The molecule has 0 fully saturated rings. The zero-order valence-electron chi connectivity index (χ0n) is 83.9. The van der Waals surface area contributed by atoms with E-state index in [0.717, 1.165) is 0 Å². The molecule has 0 spiro atoms. The molecule has 0 saturated carbocycles. The molecule has 0 aliphatic heterocycles. The van der Waals surface area contributed by atoms with Gasteiger partial charge < -0.3 is 235 Å². The maximum Gasteiger partial charge on any atom is 0.360 e. The fraction of sp³-hybridized carbons (Fsp3) is 0.778. The van der Waals surface area contributed by atoms with E-state index in [0.29, 0.717) is 0 Å². The SMILES string of the molecule is CC=COCC(COP(O)OOCN)OCOC.CC=COCC(COP(O)OOCN)OCOC.CC=COCC(COP(O)OOCN)OCOC.CC=COCC(COP(O)OOCN)OCOC.CC=COCC(COP(O)OOCN)OCOC.CC=COCC(COP(O)OOCN)OCOC.CC=COCC(COP(O)OOCN)OCOC.CC=COCC(COP(O)OOCN)OCOC. The van der Waals surface area contributed by atoms with Crippen LogP contribution in [0, 0.1) is 0 Å². The van der Waals surface area contributed by atoms with Gasteiger partial charge in [-0.05, 0) is 55.4 Å². The van der Waals surface area contributed by atoms with Gasteiger partial charge in [-0.25, -0.2) is 39.1 Å². The molecular weight excluding hydrogens is 2120 g/mol. The molecule has 0 rings (SSSR count). The molecule has 864 valence electrons. The minimum Gasteiger partial charge on any atom is -0.499 e. The van der Waals surface area contributed by atoms with Crippen molar-refractivity contribution >= 4 is 68.8 Å². The van der Waals surface area contributed by atoms with Crippen LogP contribution in [0.25, 0.3) is 0 Å². The Hall–Kier alpha value is -2.48. The lowest BCUT2D eigenvalue weighted by atomic mass is 10.4. The smallest absolute Gasteiger partial charge is 0.360 e. The molecule has 0 aliphatic rings. The van der Waals surface area contributed by atoms with Crippen molar-refractivity contribution in [3.8, 4) is 0 Å². The lowest BCUT2D eigenvalue weighted by molar-refractivity contribution is -0.215. The molecule has 0 saturated heterocycles. The summed E-state index contributed by atoms with van der Waals surface area (Å²) >= 11 is 0. The highest BCUT2D eigenvalue weighted by Gasteiger charge is 2.24. The van der Waals surface area contributed by atoms with Gasteiger partial charge >= 0.3 is 68.8 Å². The van der Waals surface area contributed by atoms with Gasteiger partial charge in [-0.15, -0.1) is 0 Å². The average molecular weight is 2280 g/mol. The van der Waals surface area contributed by atoms with E-state index in [-0.39, 0.29) is 214 Å². The summed E-state index contributed by atoms with van der Waals surface area (Å²) in [4.78, 5) is 108. The molecule has 0 bridgehead atoms. The van der Waals surface area contributed by atoms with Crippen molar-refractivity contribution in [1.29, 1.82) is 0 Å². The number of ether oxygens (including phenoxy) is 24. The quantitative estimate of drug-likeness (QED) is 0.0125. The van der Waals surface area contributed by atoms with Crippen LogP contribution in [0.2, 0.25) is 0 Å². The third-order valence-electron chi connectivity index (χ3n) is 11.9. The Labute approximate surface area is 850 Å². The molecule has 64 nitrogen and oxygen atoms in total. The first-order valence-electron chi connectivity index (χ1n) is 41.5. The third kappa shape index (κ3) is 134. The van der Waals surface area contributed by atoms with E-state index >= 15 is 0 Å². The van der Waals surface area contributed by atoms with Gasteiger partial charge in [0.25, 0.3) is 0 Å². The Morgan fingerprint density at radius 3 is 0.347 bits per heavy atom. The predicted molar refractivity (Wildman–Crippen MR) is 511 cm³/mol. The normalized spacial score (nSPS) is 14.9. The van der Waals surface area contributed by atoms with Crippen LogP contribution in [0.5, 0.6) is 0 Å². The van der Waals surface area contributed by atoms with Crippen LogP contribution in [0.1, 0.15) is 55.4 Å². The van der Waals surface area contributed by atoms with E-state index < -0.39 is 118 Å². The van der Waals surface area contributed by atoms with Gasteiger partial charge in [0.05, 0.1) is 103 Å². The van der Waals surface area contributed by atoms with E-state index in [1.165, 1.54) is 107 Å². The summed E-state index contributed by atoms with van der Waals surface area (Å²) in [5.74, 6) is 0. The maximum absolute atomic E-state index is 9.22. The van der Waals surface area contributed by atoms with Crippen molar-refractivity contribution in [2.45, 2.75) is 104 Å². The zero-order chi connectivity index (χ0) is 109. The Morgan fingerprint density at radius 2 is 0.271 bits per heavy atom. The number of nitrogens with two attached hydrogens (primary N) is 8. The van der Waals surface area contributed by atoms with Crippen molar-refractivity contribution < 1.29 is 266 Å².